The van der Waals surface area contributed by atoms with Gasteiger partial charge < -0.3 is 32.2 Å². The topological polar surface area (TPSA) is 162 Å². The van der Waals surface area contributed by atoms with Gasteiger partial charge in [0.15, 0.2) is 5.96 Å². The van der Waals surface area contributed by atoms with Crippen molar-refractivity contribution in [3.05, 3.63) is 34.5 Å². The van der Waals surface area contributed by atoms with Crippen LogP contribution in [0.3, 0.4) is 0 Å². The van der Waals surface area contributed by atoms with E-state index in [-0.39, 0.29) is 22.2 Å². The molecule has 1 amide bonds. The molecule has 0 saturated carbocycles. The number of nitrogens with zero attached hydrogens (tertiary/aromatic N) is 1. The Balaban J connectivity index is 2.50. The molecule has 39 heavy (non-hydrogen) atoms. The number of methoxy groups -OCH3 is 1. The van der Waals surface area contributed by atoms with Crippen LogP contribution in [-0.2, 0) is 37.0 Å². The van der Waals surface area contributed by atoms with Crippen molar-refractivity contribution in [2.24, 2.45) is 22.2 Å². The molecule has 1 aromatic carbocycles. The first-order valence-corrected chi connectivity index (χ1v) is 13.7. The number of rotatable bonds is 9. The fraction of sp³-hybridized carbons (Fsp3) is 0.633. The molecule has 2 aromatic rings. The molecule has 9 nitrogen and oxygen atoms in total. The second-order valence-electron chi connectivity index (χ2n) is 13.5. The summed E-state index contributed by atoms with van der Waals surface area (Å²) < 4.78 is 4.90. The lowest BCUT2D eigenvalue weighted by molar-refractivity contribution is -0.145. The molecular weight excluding hydrogens is 492 g/mol. The minimum atomic E-state index is -0.869. The zero-order valence-electron chi connectivity index (χ0n) is 25.5. The van der Waals surface area contributed by atoms with Gasteiger partial charge >= 0.3 is 5.97 Å². The largest absolute Gasteiger partial charge is 0.467 e. The number of aromatic amines is 1. The van der Waals surface area contributed by atoms with Crippen LogP contribution >= 0.6 is 0 Å². The summed E-state index contributed by atoms with van der Waals surface area (Å²) in [6.45, 7) is 20.0. The summed E-state index contributed by atoms with van der Waals surface area (Å²) in [7, 11) is 1.29. The molecular formula is C30H50N6O3. The van der Waals surface area contributed by atoms with Crippen molar-refractivity contribution in [1.82, 2.24) is 10.3 Å². The normalized spacial score (nSPS) is 14.1. The van der Waals surface area contributed by atoms with Crippen LogP contribution in [0.4, 0.5) is 0 Å². The van der Waals surface area contributed by atoms with E-state index in [1.54, 1.807) is 0 Å². The Kier molecular flexibility index (Phi) is 9.88. The molecule has 0 aliphatic carbocycles. The Labute approximate surface area is 233 Å². The molecule has 0 fully saturated rings. The van der Waals surface area contributed by atoms with Gasteiger partial charge in [0, 0.05) is 28.6 Å². The van der Waals surface area contributed by atoms with Gasteiger partial charge in [0.2, 0.25) is 5.91 Å². The van der Waals surface area contributed by atoms with Crippen LogP contribution in [0.5, 0.6) is 0 Å². The van der Waals surface area contributed by atoms with Gasteiger partial charge in [-0.3, -0.25) is 9.79 Å². The van der Waals surface area contributed by atoms with E-state index in [1.807, 2.05) is 0 Å². The number of guanidine groups is 1. The number of H-pyrrole nitrogens is 1. The number of carbonyl (C=O) groups is 2. The van der Waals surface area contributed by atoms with E-state index >= 15 is 0 Å². The molecule has 0 aliphatic rings. The third-order valence-electron chi connectivity index (χ3n) is 6.95. The van der Waals surface area contributed by atoms with E-state index in [1.165, 1.54) is 18.2 Å². The molecule has 1 heterocycles. The zero-order chi connectivity index (χ0) is 29.9. The molecule has 8 N–H and O–H groups in total. The maximum absolute atomic E-state index is 13.3. The van der Waals surface area contributed by atoms with Gasteiger partial charge in [0.1, 0.15) is 6.04 Å². The number of ether oxygens (including phenoxy) is 1. The highest BCUT2D eigenvalue weighted by molar-refractivity contribution is 5.92. The van der Waals surface area contributed by atoms with Crippen molar-refractivity contribution in [2.45, 2.75) is 110 Å². The van der Waals surface area contributed by atoms with Gasteiger partial charge in [-0.15, -0.1) is 0 Å². The standard InChI is InChI=1S/C30H50N6O3/c1-28(2,3)17-14-18-19(24(30(7,8)9)36-23(18)20(15-17)29(4,5)6)16-21(31)25(37)35-22(26(38)39-10)12-11-13-34-27(32)33/h14-15,21-22,36H,11-13,16,31H2,1-10H3,(H,35,37)(H4,32,33,34)/t21-,22-/m0/s1. The van der Waals surface area contributed by atoms with Crippen LogP contribution in [0.15, 0.2) is 17.1 Å². The van der Waals surface area contributed by atoms with E-state index < -0.39 is 24.0 Å². The molecule has 9 heteroatoms. The second kappa shape index (κ2) is 12.0. The van der Waals surface area contributed by atoms with E-state index in [9.17, 15) is 9.59 Å². The fourth-order valence-electron chi connectivity index (χ4n) is 4.71. The lowest BCUT2D eigenvalue weighted by Crippen LogP contribution is -2.49. The Morgan fingerprint density at radius 1 is 1.00 bits per heavy atom. The molecule has 2 rings (SSSR count). The number of carbonyl (C=O) groups excluding carboxylic acids is 2. The molecule has 1 aromatic heterocycles. The molecule has 0 radical (unpaired) electrons. The molecule has 0 unspecified atom stereocenters. The van der Waals surface area contributed by atoms with E-state index in [2.05, 4.69) is 89.7 Å². The summed E-state index contributed by atoms with van der Waals surface area (Å²) >= 11 is 0. The van der Waals surface area contributed by atoms with Crippen molar-refractivity contribution in [3.8, 4) is 0 Å². The van der Waals surface area contributed by atoms with Crippen molar-refractivity contribution < 1.29 is 14.3 Å². The van der Waals surface area contributed by atoms with Gasteiger partial charge in [-0.25, -0.2) is 4.79 Å². The average Bonchev–Trinajstić information content (AvgIpc) is 3.17. The lowest BCUT2D eigenvalue weighted by Gasteiger charge is -2.26. The molecule has 0 aliphatic heterocycles. The highest BCUT2D eigenvalue weighted by Gasteiger charge is 2.31. The number of aliphatic imine (C=N–C) groups is 1. The van der Waals surface area contributed by atoms with E-state index in [4.69, 9.17) is 21.9 Å². The Morgan fingerprint density at radius 3 is 2.10 bits per heavy atom. The average molecular weight is 543 g/mol. The third kappa shape index (κ3) is 8.21. The van der Waals surface area contributed by atoms with Gasteiger partial charge in [-0.05, 0) is 52.8 Å². The number of hydrogen-bond acceptors (Lipinski definition) is 5. The van der Waals surface area contributed by atoms with Crippen LogP contribution < -0.4 is 22.5 Å². The third-order valence-corrected chi connectivity index (χ3v) is 6.95. The number of aromatic nitrogens is 1. The van der Waals surface area contributed by atoms with Crippen LogP contribution in [0, 0.1) is 0 Å². The lowest BCUT2D eigenvalue weighted by atomic mass is 9.78. The predicted molar refractivity (Wildman–Crippen MR) is 160 cm³/mol. The first-order chi connectivity index (χ1) is 17.8. The first kappa shape index (κ1) is 32.1. The summed E-state index contributed by atoms with van der Waals surface area (Å²) in [6.07, 6.45) is 1.14. The number of hydrogen-bond donors (Lipinski definition) is 5. The van der Waals surface area contributed by atoms with Crippen molar-refractivity contribution in [3.63, 3.8) is 0 Å². The number of benzene rings is 1. The Bertz CT molecular complexity index is 1200. The number of nitrogens with two attached hydrogens (primary N) is 3. The monoisotopic (exact) mass is 542 g/mol. The van der Waals surface area contributed by atoms with Crippen molar-refractivity contribution in [1.29, 1.82) is 0 Å². The molecule has 0 saturated heterocycles. The van der Waals surface area contributed by atoms with Crippen LogP contribution in [0.25, 0.3) is 10.9 Å². The van der Waals surface area contributed by atoms with E-state index in [0.29, 0.717) is 25.8 Å². The van der Waals surface area contributed by atoms with Gasteiger partial charge in [0.25, 0.3) is 0 Å². The summed E-state index contributed by atoms with van der Waals surface area (Å²) in [5.74, 6) is -0.967. The fourth-order valence-corrected chi connectivity index (χ4v) is 4.71. The number of amides is 1. The second-order valence-corrected chi connectivity index (χ2v) is 13.5. The summed E-state index contributed by atoms with van der Waals surface area (Å²) in [5, 5.41) is 3.87. The highest BCUT2D eigenvalue weighted by atomic mass is 16.5. The smallest absolute Gasteiger partial charge is 0.328 e. The van der Waals surface area contributed by atoms with Gasteiger partial charge in [0.05, 0.1) is 13.2 Å². The minimum absolute atomic E-state index is 0.0201. The molecule has 0 bridgehead atoms. The van der Waals surface area contributed by atoms with Crippen LogP contribution in [0.1, 0.15) is 97.5 Å². The number of nitrogens with one attached hydrogen (secondary N) is 2. The Morgan fingerprint density at radius 2 is 1.62 bits per heavy atom. The SMILES string of the molecule is COC(=O)[C@H](CCCN=C(N)N)NC(=O)[C@@H](N)Cc1c(C(C)(C)C)[nH]c2c(C(C)(C)C)cc(C(C)(C)C)cc12. The maximum atomic E-state index is 13.3. The quantitative estimate of drug-likeness (QED) is 0.141. The summed E-state index contributed by atoms with van der Waals surface area (Å²) in [4.78, 5) is 33.3. The zero-order valence-corrected chi connectivity index (χ0v) is 25.5. The van der Waals surface area contributed by atoms with Crippen molar-refractivity contribution >= 4 is 28.7 Å². The predicted octanol–water partition coefficient (Wildman–Crippen LogP) is 3.64. The highest BCUT2D eigenvalue weighted by Crippen LogP contribution is 2.40. The number of fused-ring (bicyclic) bond motifs is 1. The van der Waals surface area contributed by atoms with Crippen LogP contribution in [0.2, 0.25) is 0 Å². The molecule has 218 valence electrons. The van der Waals surface area contributed by atoms with Gasteiger partial charge in [-0.2, -0.15) is 0 Å². The summed E-state index contributed by atoms with van der Waals surface area (Å²) in [5.41, 5.74) is 22.5. The molecule has 0 spiro atoms. The first-order valence-electron chi connectivity index (χ1n) is 13.7. The summed E-state index contributed by atoms with van der Waals surface area (Å²) in [6, 6.07) is 2.82. The van der Waals surface area contributed by atoms with Gasteiger partial charge in [-0.1, -0.05) is 68.4 Å². The minimum Gasteiger partial charge on any atom is -0.467 e. The van der Waals surface area contributed by atoms with Crippen LogP contribution in [-0.4, -0.2) is 48.6 Å². The number of esters is 1. The van der Waals surface area contributed by atoms with Crippen molar-refractivity contribution in [2.75, 3.05) is 13.7 Å². The Hall–Kier alpha value is -3.07. The van der Waals surface area contributed by atoms with E-state index in [0.717, 1.165) is 22.2 Å². The molecule has 2 atom stereocenters. The maximum Gasteiger partial charge on any atom is 0.328 e.